The van der Waals surface area contributed by atoms with Crippen molar-refractivity contribution in [2.75, 3.05) is 13.7 Å². The molecule has 0 atom stereocenters. The van der Waals surface area contributed by atoms with Gasteiger partial charge in [0.2, 0.25) is 0 Å². The molecule has 0 unspecified atom stereocenters. The lowest BCUT2D eigenvalue weighted by molar-refractivity contribution is -0.136. The van der Waals surface area contributed by atoms with Crippen molar-refractivity contribution in [1.82, 2.24) is 0 Å². The lowest BCUT2D eigenvalue weighted by Crippen LogP contribution is -2.05. The third-order valence-electron chi connectivity index (χ3n) is 2.31. The van der Waals surface area contributed by atoms with E-state index < -0.39 is 11.9 Å². The first-order valence-electron chi connectivity index (χ1n) is 5.46. The Hall–Kier alpha value is -2.28. The minimum absolute atomic E-state index is 0.286. The van der Waals surface area contributed by atoms with Crippen LogP contribution in [-0.2, 0) is 14.3 Å². The second-order valence-corrected chi connectivity index (χ2v) is 3.44. The van der Waals surface area contributed by atoms with Gasteiger partial charge < -0.3 is 9.47 Å². The molecule has 4 nitrogen and oxygen atoms in total. The van der Waals surface area contributed by atoms with E-state index in [0.29, 0.717) is 16.7 Å². The third kappa shape index (κ3) is 3.36. The van der Waals surface area contributed by atoms with E-state index in [1.807, 2.05) is 0 Å². The quantitative estimate of drug-likeness (QED) is 0.588. The molecule has 0 aliphatic rings. The first kappa shape index (κ1) is 13.8. The fraction of sp³-hybridized carbons (Fsp3) is 0.286. The molecule has 0 bridgehead atoms. The maximum Gasteiger partial charge on any atom is 0.384 e. The fourth-order valence-corrected chi connectivity index (χ4v) is 1.39. The molecule has 18 heavy (non-hydrogen) atoms. The monoisotopic (exact) mass is 246 g/mol. The van der Waals surface area contributed by atoms with Crippen molar-refractivity contribution in [1.29, 1.82) is 0 Å². The molecule has 94 valence electrons. The van der Waals surface area contributed by atoms with Crippen LogP contribution in [0.25, 0.3) is 0 Å². The smallest absolute Gasteiger partial charge is 0.384 e. The summed E-state index contributed by atoms with van der Waals surface area (Å²) in [7, 11) is 1.32. The maximum absolute atomic E-state index is 11.5. The van der Waals surface area contributed by atoms with Gasteiger partial charge >= 0.3 is 11.9 Å². The number of ether oxygens (including phenoxy) is 2. The molecule has 0 aliphatic heterocycles. The van der Waals surface area contributed by atoms with Gasteiger partial charge in [0.1, 0.15) is 0 Å². The molecule has 0 aliphatic carbocycles. The zero-order chi connectivity index (χ0) is 13.5. The molecule has 0 spiro atoms. The maximum atomic E-state index is 11.5. The largest absolute Gasteiger partial charge is 0.465 e. The van der Waals surface area contributed by atoms with Gasteiger partial charge in [-0.25, -0.2) is 9.59 Å². The zero-order valence-corrected chi connectivity index (χ0v) is 10.6. The second-order valence-electron chi connectivity index (χ2n) is 3.44. The molecular formula is C14H14O4. The SMILES string of the molecule is CCOC(=O)C#Cc1cccc(C(=O)OC)c1C. The first-order chi connectivity index (χ1) is 8.60. The van der Waals surface area contributed by atoms with Crippen LogP contribution in [0.4, 0.5) is 0 Å². The number of benzene rings is 1. The Morgan fingerprint density at radius 1 is 1.33 bits per heavy atom. The van der Waals surface area contributed by atoms with Gasteiger partial charge in [0, 0.05) is 11.5 Å². The van der Waals surface area contributed by atoms with E-state index in [0.717, 1.165) is 0 Å². The molecule has 1 rings (SSSR count). The summed E-state index contributed by atoms with van der Waals surface area (Å²) in [4.78, 5) is 22.6. The van der Waals surface area contributed by atoms with E-state index in [9.17, 15) is 9.59 Å². The molecule has 0 aromatic heterocycles. The molecule has 4 heteroatoms. The van der Waals surface area contributed by atoms with Crippen LogP contribution in [-0.4, -0.2) is 25.7 Å². The highest BCUT2D eigenvalue weighted by molar-refractivity contribution is 5.92. The van der Waals surface area contributed by atoms with Gasteiger partial charge in [-0.3, -0.25) is 0 Å². The molecule has 1 aromatic carbocycles. The van der Waals surface area contributed by atoms with Crippen LogP contribution < -0.4 is 0 Å². The van der Waals surface area contributed by atoms with Gasteiger partial charge in [-0.05, 0) is 31.5 Å². The number of carbonyl (C=O) groups is 2. The Kier molecular flexibility index (Phi) is 4.94. The number of esters is 2. The van der Waals surface area contributed by atoms with E-state index >= 15 is 0 Å². The van der Waals surface area contributed by atoms with Crippen LogP contribution >= 0.6 is 0 Å². The van der Waals surface area contributed by atoms with Gasteiger partial charge in [-0.15, -0.1) is 0 Å². The van der Waals surface area contributed by atoms with Crippen molar-refractivity contribution in [3.63, 3.8) is 0 Å². The van der Waals surface area contributed by atoms with Crippen molar-refractivity contribution < 1.29 is 19.1 Å². The number of hydrogen-bond donors (Lipinski definition) is 0. The van der Waals surface area contributed by atoms with Gasteiger partial charge in [0.25, 0.3) is 0 Å². The molecule has 1 aromatic rings. The van der Waals surface area contributed by atoms with E-state index in [4.69, 9.17) is 4.74 Å². The van der Waals surface area contributed by atoms with Crippen LogP contribution in [0.2, 0.25) is 0 Å². The third-order valence-corrected chi connectivity index (χ3v) is 2.31. The lowest BCUT2D eigenvalue weighted by atomic mass is 10.0. The fourth-order valence-electron chi connectivity index (χ4n) is 1.39. The molecule has 0 saturated carbocycles. The average molecular weight is 246 g/mol. The Morgan fingerprint density at radius 3 is 2.67 bits per heavy atom. The molecule has 0 heterocycles. The van der Waals surface area contributed by atoms with E-state index in [-0.39, 0.29) is 6.61 Å². The summed E-state index contributed by atoms with van der Waals surface area (Å²) in [5.74, 6) is 4.04. The zero-order valence-electron chi connectivity index (χ0n) is 10.6. The minimum Gasteiger partial charge on any atom is -0.465 e. The van der Waals surface area contributed by atoms with Crippen molar-refractivity contribution in [2.24, 2.45) is 0 Å². The van der Waals surface area contributed by atoms with E-state index in [2.05, 4.69) is 16.6 Å². The van der Waals surface area contributed by atoms with Gasteiger partial charge in [-0.2, -0.15) is 0 Å². The summed E-state index contributed by atoms with van der Waals surface area (Å²) < 4.78 is 9.36. The van der Waals surface area contributed by atoms with Crippen LogP contribution in [0.3, 0.4) is 0 Å². The molecule has 0 radical (unpaired) electrons. The minimum atomic E-state index is -0.583. The number of carbonyl (C=O) groups excluding carboxylic acids is 2. The number of rotatable bonds is 2. The van der Waals surface area contributed by atoms with Crippen molar-refractivity contribution in [3.05, 3.63) is 34.9 Å². The molecule has 0 saturated heterocycles. The summed E-state index contributed by atoms with van der Waals surface area (Å²) in [6.45, 7) is 3.75. The Morgan fingerprint density at radius 2 is 2.06 bits per heavy atom. The van der Waals surface area contributed by atoms with Crippen LogP contribution in [0.5, 0.6) is 0 Å². The van der Waals surface area contributed by atoms with E-state index in [1.165, 1.54) is 7.11 Å². The normalized spacial score (nSPS) is 9.06. The van der Waals surface area contributed by atoms with E-state index in [1.54, 1.807) is 32.0 Å². The highest BCUT2D eigenvalue weighted by Crippen LogP contribution is 2.13. The predicted molar refractivity (Wildman–Crippen MR) is 66.0 cm³/mol. The Bertz CT molecular complexity index is 520. The number of hydrogen-bond acceptors (Lipinski definition) is 4. The molecule has 0 amide bonds. The number of methoxy groups -OCH3 is 1. The summed E-state index contributed by atoms with van der Waals surface area (Å²) >= 11 is 0. The molecule has 0 fully saturated rings. The Labute approximate surface area is 106 Å². The van der Waals surface area contributed by atoms with Crippen molar-refractivity contribution in [2.45, 2.75) is 13.8 Å². The van der Waals surface area contributed by atoms with Gasteiger partial charge in [0.15, 0.2) is 0 Å². The Balaban J connectivity index is 3.04. The van der Waals surface area contributed by atoms with Crippen molar-refractivity contribution in [3.8, 4) is 11.8 Å². The van der Waals surface area contributed by atoms with Gasteiger partial charge in [0.05, 0.1) is 19.3 Å². The molecular weight excluding hydrogens is 232 g/mol. The topological polar surface area (TPSA) is 52.6 Å². The van der Waals surface area contributed by atoms with Crippen LogP contribution in [0, 0.1) is 18.8 Å². The summed E-state index contributed by atoms with van der Waals surface area (Å²) in [6, 6.07) is 5.07. The standard InChI is InChI=1S/C14H14O4/c1-4-18-13(15)9-8-11-6-5-7-12(10(11)2)14(16)17-3/h5-7H,4H2,1-3H3. The van der Waals surface area contributed by atoms with Crippen LogP contribution in [0.1, 0.15) is 28.4 Å². The molecule has 0 N–H and O–H groups in total. The summed E-state index contributed by atoms with van der Waals surface area (Å²) in [5, 5.41) is 0. The average Bonchev–Trinajstić information content (AvgIpc) is 2.37. The highest BCUT2D eigenvalue weighted by atomic mass is 16.5. The van der Waals surface area contributed by atoms with Crippen molar-refractivity contribution >= 4 is 11.9 Å². The van der Waals surface area contributed by atoms with Crippen LogP contribution in [0.15, 0.2) is 18.2 Å². The predicted octanol–water partition coefficient (Wildman–Crippen LogP) is 1.70. The summed E-state index contributed by atoms with van der Waals surface area (Å²) in [6.07, 6.45) is 0. The second kappa shape index (κ2) is 6.45. The summed E-state index contributed by atoms with van der Waals surface area (Å²) in [5.41, 5.74) is 1.72. The lowest BCUT2D eigenvalue weighted by Gasteiger charge is -2.04. The highest BCUT2D eigenvalue weighted by Gasteiger charge is 2.10. The first-order valence-corrected chi connectivity index (χ1v) is 5.46. The van der Waals surface area contributed by atoms with Gasteiger partial charge in [-0.1, -0.05) is 12.0 Å².